The van der Waals surface area contributed by atoms with Crippen LogP contribution in [0.2, 0.25) is 0 Å². The number of pyridine rings is 1. The van der Waals surface area contributed by atoms with E-state index in [1.165, 1.54) is 0 Å². The van der Waals surface area contributed by atoms with Gasteiger partial charge in [-0.1, -0.05) is 36.4 Å². The Bertz CT molecular complexity index is 1100. The predicted molar refractivity (Wildman–Crippen MR) is 99.2 cm³/mol. The predicted octanol–water partition coefficient (Wildman–Crippen LogP) is 3.09. The van der Waals surface area contributed by atoms with Crippen molar-refractivity contribution in [2.24, 2.45) is 0 Å². The first-order valence-corrected chi connectivity index (χ1v) is 7.97. The molecule has 0 aliphatic heterocycles. The van der Waals surface area contributed by atoms with Gasteiger partial charge >= 0.3 is 0 Å². The Morgan fingerprint density at radius 3 is 2.64 bits per heavy atom. The standard InChI is InChI=1S/C20H16N4O/c21-20-22-10-8-18(23-20)16-6-7-17-15(12-16)9-11-24(19(17)25)13-14-4-2-1-3-5-14/h1-12H,13H2,(H2,21,22,23). The Kier molecular flexibility index (Phi) is 3.74. The van der Waals surface area contributed by atoms with Crippen LogP contribution in [-0.4, -0.2) is 14.5 Å². The second-order valence-corrected chi connectivity index (χ2v) is 5.84. The molecular weight excluding hydrogens is 312 g/mol. The van der Waals surface area contributed by atoms with E-state index in [1.807, 2.05) is 60.8 Å². The van der Waals surface area contributed by atoms with E-state index in [4.69, 9.17) is 5.73 Å². The van der Waals surface area contributed by atoms with Crippen LogP contribution < -0.4 is 11.3 Å². The van der Waals surface area contributed by atoms with Gasteiger partial charge in [0.1, 0.15) is 0 Å². The number of nitrogens with two attached hydrogens (primary N) is 1. The smallest absolute Gasteiger partial charge is 0.258 e. The summed E-state index contributed by atoms with van der Waals surface area (Å²) in [6.07, 6.45) is 3.45. The Balaban J connectivity index is 1.76. The van der Waals surface area contributed by atoms with Gasteiger partial charge in [-0.2, -0.15) is 0 Å². The molecule has 0 bridgehead atoms. The second kappa shape index (κ2) is 6.20. The third-order valence-corrected chi connectivity index (χ3v) is 4.14. The summed E-state index contributed by atoms with van der Waals surface area (Å²) in [5.41, 5.74) is 8.38. The van der Waals surface area contributed by atoms with Crippen LogP contribution in [0.15, 0.2) is 77.9 Å². The zero-order valence-corrected chi connectivity index (χ0v) is 13.5. The molecule has 4 rings (SSSR count). The van der Waals surface area contributed by atoms with Crippen molar-refractivity contribution in [3.8, 4) is 11.3 Å². The molecule has 0 radical (unpaired) electrons. The van der Waals surface area contributed by atoms with Crippen molar-refractivity contribution in [3.63, 3.8) is 0 Å². The highest BCUT2D eigenvalue weighted by atomic mass is 16.1. The van der Waals surface area contributed by atoms with E-state index in [0.717, 1.165) is 22.2 Å². The molecular formula is C20H16N4O. The van der Waals surface area contributed by atoms with Gasteiger partial charge in [0.15, 0.2) is 0 Å². The summed E-state index contributed by atoms with van der Waals surface area (Å²) < 4.78 is 1.72. The molecule has 2 heterocycles. The average Bonchev–Trinajstić information content (AvgIpc) is 2.65. The summed E-state index contributed by atoms with van der Waals surface area (Å²) in [6, 6.07) is 19.4. The molecule has 0 saturated carbocycles. The first kappa shape index (κ1) is 15.1. The monoisotopic (exact) mass is 328 g/mol. The van der Waals surface area contributed by atoms with Crippen LogP contribution in [0.3, 0.4) is 0 Å². The number of hydrogen-bond donors (Lipinski definition) is 1. The lowest BCUT2D eigenvalue weighted by atomic mass is 10.1. The number of benzene rings is 2. The van der Waals surface area contributed by atoms with E-state index in [0.29, 0.717) is 11.9 Å². The van der Waals surface area contributed by atoms with Crippen LogP contribution in [0.5, 0.6) is 0 Å². The van der Waals surface area contributed by atoms with Gasteiger partial charge in [0.2, 0.25) is 5.95 Å². The number of rotatable bonds is 3. The van der Waals surface area contributed by atoms with Gasteiger partial charge in [0.25, 0.3) is 5.56 Å². The fraction of sp³-hybridized carbons (Fsp3) is 0.0500. The number of anilines is 1. The van der Waals surface area contributed by atoms with Crippen LogP contribution in [0.1, 0.15) is 5.56 Å². The molecule has 2 N–H and O–H groups in total. The van der Waals surface area contributed by atoms with Crippen LogP contribution in [0.4, 0.5) is 5.95 Å². The molecule has 122 valence electrons. The molecule has 0 spiro atoms. The zero-order chi connectivity index (χ0) is 17.2. The summed E-state index contributed by atoms with van der Waals surface area (Å²) in [5, 5.41) is 1.56. The molecule has 0 unspecified atom stereocenters. The first-order valence-electron chi connectivity index (χ1n) is 7.97. The fourth-order valence-corrected chi connectivity index (χ4v) is 2.89. The van der Waals surface area contributed by atoms with Gasteiger partial charge in [-0.15, -0.1) is 0 Å². The summed E-state index contributed by atoms with van der Waals surface area (Å²) in [7, 11) is 0. The first-order chi connectivity index (χ1) is 12.2. The number of nitrogen functional groups attached to an aromatic ring is 1. The molecule has 5 nitrogen and oxygen atoms in total. The summed E-state index contributed by atoms with van der Waals surface area (Å²) >= 11 is 0. The minimum Gasteiger partial charge on any atom is -0.368 e. The van der Waals surface area contributed by atoms with Crippen molar-refractivity contribution >= 4 is 16.7 Å². The number of hydrogen-bond acceptors (Lipinski definition) is 4. The van der Waals surface area contributed by atoms with Gasteiger partial charge in [-0.05, 0) is 35.2 Å². The Morgan fingerprint density at radius 1 is 1.00 bits per heavy atom. The van der Waals surface area contributed by atoms with Gasteiger partial charge in [0, 0.05) is 23.3 Å². The zero-order valence-electron chi connectivity index (χ0n) is 13.5. The Hall–Kier alpha value is -3.47. The summed E-state index contributed by atoms with van der Waals surface area (Å²) in [4.78, 5) is 20.9. The second-order valence-electron chi connectivity index (χ2n) is 5.84. The maximum absolute atomic E-state index is 12.8. The van der Waals surface area contributed by atoms with E-state index >= 15 is 0 Å². The van der Waals surface area contributed by atoms with Crippen molar-refractivity contribution in [2.45, 2.75) is 6.54 Å². The molecule has 0 saturated heterocycles. The highest BCUT2D eigenvalue weighted by Crippen LogP contribution is 2.21. The van der Waals surface area contributed by atoms with Gasteiger partial charge in [-0.25, -0.2) is 9.97 Å². The Morgan fingerprint density at radius 2 is 1.84 bits per heavy atom. The number of nitrogens with zero attached hydrogens (tertiary/aromatic N) is 3. The maximum Gasteiger partial charge on any atom is 0.258 e. The van der Waals surface area contributed by atoms with Gasteiger partial charge in [-0.3, -0.25) is 4.79 Å². The summed E-state index contributed by atoms with van der Waals surface area (Å²) in [6.45, 7) is 0.555. The third kappa shape index (κ3) is 2.99. The SMILES string of the molecule is Nc1nccc(-c2ccc3c(=O)n(Cc4ccccc4)ccc3c2)n1. The maximum atomic E-state index is 12.8. The largest absolute Gasteiger partial charge is 0.368 e. The molecule has 2 aromatic heterocycles. The van der Waals surface area contributed by atoms with Crippen molar-refractivity contribution in [1.29, 1.82) is 0 Å². The van der Waals surface area contributed by atoms with E-state index in [-0.39, 0.29) is 11.5 Å². The lowest BCUT2D eigenvalue weighted by Gasteiger charge is -2.09. The van der Waals surface area contributed by atoms with E-state index < -0.39 is 0 Å². The molecule has 0 atom stereocenters. The van der Waals surface area contributed by atoms with Crippen molar-refractivity contribution in [3.05, 3.63) is 89.0 Å². The topological polar surface area (TPSA) is 73.8 Å². The van der Waals surface area contributed by atoms with Gasteiger partial charge in [0.05, 0.1) is 12.2 Å². The number of fused-ring (bicyclic) bond motifs is 1. The van der Waals surface area contributed by atoms with Crippen LogP contribution in [0.25, 0.3) is 22.0 Å². The molecule has 0 amide bonds. The molecule has 25 heavy (non-hydrogen) atoms. The van der Waals surface area contributed by atoms with Crippen LogP contribution >= 0.6 is 0 Å². The van der Waals surface area contributed by atoms with Crippen molar-refractivity contribution < 1.29 is 0 Å². The van der Waals surface area contributed by atoms with E-state index in [1.54, 1.807) is 16.8 Å². The number of aromatic nitrogens is 3. The lowest BCUT2D eigenvalue weighted by Crippen LogP contribution is -2.19. The highest BCUT2D eigenvalue weighted by molar-refractivity contribution is 5.86. The van der Waals surface area contributed by atoms with Crippen molar-refractivity contribution in [2.75, 3.05) is 5.73 Å². The minimum atomic E-state index is -0.00453. The summed E-state index contributed by atoms with van der Waals surface area (Å²) in [5.74, 6) is 0.232. The Labute approximate surface area is 144 Å². The normalized spacial score (nSPS) is 10.9. The molecule has 0 aliphatic carbocycles. The van der Waals surface area contributed by atoms with Crippen LogP contribution in [-0.2, 0) is 6.54 Å². The van der Waals surface area contributed by atoms with Crippen molar-refractivity contribution in [1.82, 2.24) is 14.5 Å². The molecule has 0 aliphatic rings. The molecule has 2 aromatic carbocycles. The molecule has 5 heteroatoms. The fourth-order valence-electron chi connectivity index (χ4n) is 2.89. The van der Waals surface area contributed by atoms with E-state index in [9.17, 15) is 4.79 Å². The molecule has 4 aromatic rings. The van der Waals surface area contributed by atoms with Crippen LogP contribution in [0, 0.1) is 0 Å². The van der Waals surface area contributed by atoms with Gasteiger partial charge < -0.3 is 10.3 Å². The lowest BCUT2D eigenvalue weighted by molar-refractivity contribution is 0.768. The van der Waals surface area contributed by atoms with E-state index in [2.05, 4.69) is 9.97 Å². The molecule has 0 fully saturated rings. The third-order valence-electron chi connectivity index (χ3n) is 4.14. The minimum absolute atomic E-state index is 0.00453. The quantitative estimate of drug-likeness (QED) is 0.627. The highest BCUT2D eigenvalue weighted by Gasteiger charge is 2.07. The average molecular weight is 328 g/mol.